The molecule has 1 heterocycles. The molecular weight excluding hydrogens is 400 g/mol. The minimum absolute atomic E-state index is 0.937. The van der Waals surface area contributed by atoms with Gasteiger partial charge >= 0.3 is 0 Å². The Balaban J connectivity index is 2.29. The summed E-state index contributed by atoms with van der Waals surface area (Å²) in [6.07, 6.45) is 0. The van der Waals surface area contributed by atoms with Crippen LogP contribution in [-0.2, 0) is 5.60 Å². The molecular formula is C27H36N2OS. The number of benzene rings is 2. The quantitative estimate of drug-likeness (QED) is 0.424. The summed E-state index contributed by atoms with van der Waals surface area (Å²) in [5.41, 5.74) is 5.21. The van der Waals surface area contributed by atoms with E-state index in [0.717, 1.165) is 64.7 Å². The van der Waals surface area contributed by atoms with Crippen LogP contribution in [0.4, 0.5) is 11.4 Å². The fraction of sp³-hybridized carbons (Fsp3) is 0.407. The molecule has 0 aliphatic carbocycles. The molecule has 0 aliphatic heterocycles. The summed E-state index contributed by atoms with van der Waals surface area (Å²) in [6.45, 7) is 16.6. The number of aliphatic hydroxyl groups is 1. The van der Waals surface area contributed by atoms with Crippen molar-refractivity contribution in [1.29, 1.82) is 0 Å². The predicted octanol–water partition coefficient (Wildman–Crippen LogP) is 6.34. The van der Waals surface area contributed by atoms with E-state index in [-0.39, 0.29) is 0 Å². The molecule has 0 amide bonds. The maximum absolute atomic E-state index is 12.6. The third kappa shape index (κ3) is 4.37. The Morgan fingerprint density at radius 2 is 1.19 bits per heavy atom. The van der Waals surface area contributed by atoms with Gasteiger partial charge in [-0.3, -0.25) is 0 Å². The van der Waals surface area contributed by atoms with Gasteiger partial charge < -0.3 is 14.9 Å². The Labute approximate surface area is 192 Å². The van der Waals surface area contributed by atoms with Gasteiger partial charge in [0.1, 0.15) is 5.60 Å². The smallest absolute Gasteiger partial charge is 0.150 e. The molecule has 0 spiro atoms. The van der Waals surface area contributed by atoms with Crippen LogP contribution in [0.25, 0.3) is 0 Å². The van der Waals surface area contributed by atoms with E-state index in [9.17, 15) is 5.11 Å². The monoisotopic (exact) mass is 436 g/mol. The van der Waals surface area contributed by atoms with E-state index < -0.39 is 5.60 Å². The van der Waals surface area contributed by atoms with E-state index in [1.54, 1.807) is 11.3 Å². The summed E-state index contributed by atoms with van der Waals surface area (Å²) in [5, 5.41) is 14.6. The summed E-state index contributed by atoms with van der Waals surface area (Å²) >= 11 is 1.61. The largest absolute Gasteiger partial charge is 0.375 e. The van der Waals surface area contributed by atoms with Crippen molar-refractivity contribution in [2.75, 3.05) is 36.0 Å². The van der Waals surface area contributed by atoms with Crippen LogP contribution in [0, 0.1) is 13.8 Å². The molecule has 1 aromatic heterocycles. The highest BCUT2D eigenvalue weighted by Gasteiger charge is 2.38. The maximum atomic E-state index is 12.6. The molecule has 0 aliphatic rings. The highest BCUT2D eigenvalue weighted by atomic mass is 32.1. The maximum Gasteiger partial charge on any atom is 0.150 e. The summed E-state index contributed by atoms with van der Waals surface area (Å²) < 4.78 is 0. The lowest BCUT2D eigenvalue weighted by atomic mass is 9.80. The average molecular weight is 437 g/mol. The van der Waals surface area contributed by atoms with Crippen LogP contribution in [0.2, 0.25) is 0 Å². The highest BCUT2D eigenvalue weighted by Crippen LogP contribution is 2.44. The van der Waals surface area contributed by atoms with Gasteiger partial charge in [-0.25, -0.2) is 0 Å². The second kappa shape index (κ2) is 9.88. The van der Waals surface area contributed by atoms with Crippen LogP contribution in [0.1, 0.15) is 54.8 Å². The van der Waals surface area contributed by atoms with Gasteiger partial charge in [0.2, 0.25) is 0 Å². The second-order valence-corrected chi connectivity index (χ2v) is 8.98. The molecule has 31 heavy (non-hydrogen) atoms. The zero-order valence-corrected chi connectivity index (χ0v) is 20.6. The van der Waals surface area contributed by atoms with E-state index in [4.69, 9.17) is 0 Å². The Hall–Kier alpha value is -2.30. The van der Waals surface area contributed by atoms with E-state index in [2.05, 4.69) is 93.8 Å². The van der Waals surface area contributed by atoms with Gasteiger partial charge in [-0.2, -0.15) is 0 Å². The molecule has 0 fully saturated rings. The Kier molecular flexibility index (Phi) is 7.45. The lowest BCUT2D eigenvalue weighted by molar-refractivity contribution is 0.128. The molecule has 166 valence electrons. The predicted molar refractivity (Wildman–Crippen MR) is 136 cm³/mol. The van der Waals surface area contributed by atoms with Crippen molar-refractivity contribution >= 4 is 22.7 Å². The molecule has 4 heteroatoms. The number of hydrogen-bond donors (Lipinski definition) is 1. The highest BCUT2D eigenvalue weighted by molar-refractivity contribution is 7.10. The first-order valence-electron chi connectivity index (χ1n) is 11.4. The van der Waals surface area contributed by atoms with Gasteiger partial charge in [-0.1, -0.05) is 18.2 Å². The van der Waals surface area contributed by atoms with Crippen molar-refractivity contribution in [2.24, 2.45) is 0 Å². The third-order valence-electron chi connectivity index (χ3n) is 6.36. The van der Waals surface area contributed by atoms with Crippen LogP contribution in [0.5, 0.6) is 0 Å². The molecule has 0 bridgehead atoms. The zero-order valence-electron chi connectivity index (χ0n) is 19.8. The summed E-state index contributed by atoms with van der Waals surface area (Å²) in [5.74, 6) is 0. The van der Waals surface area contributed by atoms with Gasteiger partial charge in [-0.05, 0) is 99.5 Å². The minimum Gasteiger partial charge on any atom is -0.375 e. The van der Waals surface area contributed by atoms with Crippen LogP contribution >= 0.6 is 11.3 Å². The number of aryl methyl sites for hydroxylation is 2. The normalized spacial score (nSPS) is 11.6. The van der Waals surface area contributed by atoms with Gasteiger partial charge in [0.15, 0.2) is 0 Å². The second-order valence-electron chi connectivity index (χ2n) is 8.03. The minimum atomic E-state index is -1.20. The van der Waals surface area contributed by atoms with Crippen molar-refractivity contribution < 1.29 is 5.11 Å². The summed E-state index contributed by atoms with van der Waals surface area (Å²) in [6, 6.07) is 17.1. The topological polar surface area (TPSA) is 26.7 Å². The molecule has 3 aromatic rings. The fourth-order valence-electron chi connectivity index (χ4n) is 4.47. The first-order chi connectivity index (χ1) is 14.9. The van der Waals surface area contributed by atoms with E-state index in [1.165, 1.54) is 0 Å². The molecule has 3 nitrogen and oxygen atoms in total. The Morgan fingerprint density at radius 3 is 1.55 bits per heavy atom. The summed E-state index contributed by atoms with van der Waals surface area (Å²) in [4.78, 5) is 5.61. The molecule has 1 N–H and O–H groups in total. The number of hydrogen-bond acceptors (Lipinski definition) is 4. The first-order valence-corrected chi connectivity index (χ1v) is 12.3. The fourth-order valence-corrected chi connectivity index (χ4v) is 5.32. The lowest BCUT2D eigenvalue weighted by Crippen LogP contribution is -2.31. The standard InChI is InChI=1S/C27H36N2OS/c1-7-28(8-2)22-15-13-20(5)24(18-22)27(30,26-12-11-17-31-26)25-19-23(16-14-21(25)6)29(9-3)10-4/h11-19,30H,7-10H2,1-6H3. The molecule has 0 radical (unpaired) electrons. The lowest BCUT2D eigenvalue weighted by Gasteiger charge is -2.34. The third-order valence-corrected chi connectivity index (χ3v) is 7.34. The van der Waals surface area contributed by atoms with Crippen LogP contribution in [0.15, 0.2) is 53.9 Å². The molecule has 0 atom stereocenters. The van der Waals surface area contributed by atoms with Crippen molar-refractivity contribution in [2.45, 2.75) is 47.1 Å². The number of rotatable bonds is 9. The van der Waals surface area contributed by atoms with Crippen molar-refractivity contribution in [3.63, 3.8) is 0 Å². The average Bonchev–Trinajstić information content (AvgIpc) is 3.32. The molecule has 3 rings (SSSR count). The van der Waals surface area contributed by atoms with E-state index >= 15 is 0 Å². The van der Waals surface area contributed by atoms with Gasteiger partial charge in [0, 0.05) is 42.4 Å². The van der Waals surface area contributed by atoms with Crippen molar-refractivity contribution in [1.82, 2.24) is 0 Å². The number of thiophene rings is 1. The van der Waals surface area contributed by atoms with Crippen LogP contribution < -0.4 is 9.80 Å². The molecule has 0 saturated carbocycles. The Bertz CT molecular complexity index is 927. The van der Waals surface area contributed by atoms with Crippen LogP contribution in [0.3, 0.4) is 0 Å². The number of anilines is 2. The van der Waals surface area contributed by atoms with Gasteiger partial charge in [0.05, 0.1) is 0 Å². The summed E-state index contributed by atoms with van der Waals surface area (Å²) in [7, 11) is 0. The molecule has 0 saturated heterocycles. The Morgan fingerprint density at radius 1 is 0.742 bits per heavy atom. The van der Waals surface area contributed by atoms with Gasteiger partial charge in [-0.15, -0.1) is 11.3 Å². The SMILES string of the molecule is CCN(CC)c1ccc(C)c(C(O)(c2cccs2)c2cc(N(CC)CC)ccc2C)c1. The van der Waals surface area contributed by atoms with Crippen molar-refractivity contribution in [3.8, 4) is 0 Å². The number of nitrogens with zero attached hydrogens (tertiary/aromatic N) is 2. The van der Waals surface area contributed by atoms with E-state index in [0.29, 0.717) is 0 Å². The van der Waals surface area contributed by atoms with Gasteiger partial charge in [0.25, 0.3) is 0 Å². The van der Waals surface area contributed by atoms with E-state index in [1.807, 2.05) is 11.4 Å². The zero-order chi connectivity index (χ0) is 22.6. The van der Waals surface area contributed by atoms with Crippen LogP contribution in [-0.4, -0.2) is 31.3 Å². The molecule has 2 aromatic carbocycles. The molecule has 0 unspecified atom stereocenters. The van der Waals surface area contributed by atoms with Crippen molar-refractivity contribution in [3.05, 3.63) is 81.0 Å². The first kappa shape index (κ1) is 23.4.